The molecule has 0 saturated heterocycles. The van der Waals surface area contributed by atoms with Gasteiger partial charge in [-0.05, 0) is 69.5 Å². The summed E-state index contributed by atoms with van der Waals surface area (Å²) >= 11 is 14.3. The van der Waals surface area contributed by atoms with Crippen molar-refractivity contribution >= 4 is 61.7 Å². The largest absolute Gasteiger partial charge is 0.307 e. The van der Waals surface area contributed by atoms with Crippen LogP contribution in [0.25, 0.3) is 32.3 Å². The summed E-state index contributed by atoms with van der Waals surface area (Å²) in [7, 11) is 0. The van der Waals surface area contributed by atoms with E-state index in [2.05, 4.69) is 0 Å². The molecule has 4 heteroatoms. The molecule has 1 heterocycles. The highest BCUT2D eigenvalue weighted by molar-refractivity contribution is 7.17. The first-order valence-corrected chi connectivity index (χ1v) is 13.6. The van der Waals surface area contributed by atoms with Crippen LogP contribution < -0.4 is 4.90 Å². The van der Waals surface area contributed by atoms with E-state index in [1.165, 1.54) is 4.90 Å². The van der Waals surface area contributed by atoms with Gasteiger partial charge in [0.05, 0.1) is 43.4 Å². The van der Waals surface area contributed by atoms with Crippen molar-refractivity contribution in [1.29, 1.82) is 0 Å². The Morgan fingerprint density at radius 3 is 1.93 bits per heavy atom. The van der Waals surface area contributed by atoms with Crippen LogP contribution in [0.1, 0.15) is 48.3 Å². The first-order chi connectivity index (χ1) is 26.0. The molecule has 5 aromatic carbocycles. The molecule has 0 bridgehead atoms. The third kappa shape index (κ3) is 5.15. The summed E-state index contributed by atoms with van der Waals surface area (Å²) in [4.78, 5) is 1.27. The number of rotatable bonds is 5. The van der Waals surface area contributed by atoms with Crippen molar-refractivity contribution in [3.63, 3.8) is 0 Å². The highest BCUT2D eigenvalue weighted by atomic mass is 35.5. The number of hydrogen-bond donors (Lipinski definition) is 0. The predicted octanol–water partition coefficient (Wildman–Crippen LogP) is 12.3. The van der Waals surface area contributed by atoms with E-state index in [1.807, 2.05) is 20.8 Å². The van der Waals surface area contributed by atoms with Crippen LogP contribution in [0.4, 0.5) is 17.1 Å². The molecule has 0 aliphatic heterocycles. The van der Waals surface area contributed by atoms with Gasteiger partial charge in [-0.2, -0.15) is 0 Å². The maximum Gasteiger partial charge on any atom is 0.0833 e. The molecule has 1 nitrogen and oxygen atoms in total. The van der Waals surface area contributed by atoms with Crippen LogP contribution in [0.5, 0.6) is 0 Å². The molecule has 0 fully saturated rings. The van der Waals surface area contributed by atoms with Gasteiger partial charge in [-0.15, -0.1) is 11.3 Å². The highest BCUT2D eigenvalue weighted by Gasteiger charge is 2.23. The molecule has 0 radical (unpaired) electrons. The second kappa shape index (κ2) is 10.8. The third-order valence-electron chi connectivity index (χ3n) is 6.08. The molecule has 6 aromatic rings. The zero-order valence-corrected chi connectivity index (χ0v) is 23.7. The lowest BCUT2D eigenvalue weighted by atomic mass is 9.87. The summed E-state index contributed by atoms with van der Waals surface area (Å²) in [6, 6.07) is -3.35. The SMILES string of the molecule is [2H]c1sc2c([2H])c([2H])c(-c3c([2H])c([2H])c([2H])c([2H])c3[2H])c([2H])c2c1N(c1ccc(C(C)(C)C)cc1)c1c([2H])c(-c2c([2H])c([2H])c([2H])c([2H])c2[2H])c([2H])c(Cl)c1Cl. The van der Waals surface area contributed by atoms with E-state index in [0.717, 1.165) is 5.56 Å². The van der Waals surface area contributed by atoms with Gasteiger partial charge in [-0.1, -0.05) is 123 Å². The second-order valence-corrected chi connectivity index (χ2v) is 11.3. The monoisotopic (exact) mass is 593 g/mol. The molecular weight excluding hydrogens is 549 g/mol. The Morgan fingerprint density at radius 2 is 1.30 bits per heavy atom. The number of halogens is 2. The van der Waals surface area contributed by atoms with Crippen molar-refractivity contribution in [1.82, 2.24) is 0 Å². The Labute approximate surface area is 272 Å². The van der Waals surface area contributed by atoms with Gasteiger partial charge in [-0.25, -0.2) is 0 Å². The third-order valence-corrected chi connectivity index (χ3v) is 7.64. The number of nitrogens with zero attached hydrogens (tertiary/aromatic N) is 1. The summed E-state index contributed by atoms with van der Waals surface area (Å²) < 4.78 is 139. The van der Waals surface area contributed by atoms with E-state index in [-0.39, 0.29) is 37.9 Å². The molecule has 0 saturated carbocycles. The molecule has 0 aliphatic rings. The maximum absolute atomic E-state index is 9.56. The van der Waals surface area contributed by atoms with Crippen molar-refractivity contribution in [2.24, 2.45) is 0 Å². The van der Waals surface area contributed by atoms with E-state index < -0.39 is 123 Å². The minimum atomic E-state index is -0.729. The maximum atomic E-state index is 9.56. The number of hydrogen-bond acceptors (Lipinski definition) is 2. The van der Waals surface area contributed by atoms with Crippen LogP contribution in [0, 0.1) is 0 Å². The molecular formula is C36H29Cl2NS. The molecule has 0 atom stereocenters. The van der Waals surface area contributed by atoms with Crippen LogP contribution in [0.3, 0.4) is 0 Å². The summed E-state index contributed by atoms with van der Waals surface area (Å²) in [6.45, 7) is 5.94. The Bertz CT molecular complexity index is 2610. The van der Waals surface area contributed by atoms with Crippen molar-refractivity contribution in [3.8, 4) is 22.3 Å². The van der Waals surface area contributed by atoms with Gasteiger partial charge in [0.25, 0.3) is 0 Å². The Balaban J connectivity index is 1.83. The van der Waals surface area contributed by atoms with E-state index in [1.54, 1.807) is 24.3 Å². The molecule has 6 rings (SSSR count). The zero-order valence-electron chi connectivity index (χ0n) is 37.4. The molecule has 0 N–H and O–H groups in total. The number of benzene rings is 5. The van der Waals surface area contributed by atoms with Gasteiger partial charge >= 0.3 is 0 Å². The Kier molecular flexibility index (Phi) is 3.74. The fourth-order valence-corrected chi connectivity index (χ4v) is 5.16. The summed E-state index contributed by atoms with van der Waals surface area (Å²) in [5, 5.41) is -1.36. The molecule has 0 aliphatic carbocycles. The lowest BCUT2D eigenvalue weighted by Gasteiger charge is -2.28. The number of anilines is 3. The first kappa shape index (κ1) is 13.9. The van der Waals surface area contributed by atoms with Crippen LogP contribution in [-0.2, 0) is 5.41 Å². The summed E-state index contributed by atoms with van der Waals surface area (Å²) in [5.41, 5.74) is -1.72. The van der Waals surface area contributed by atoms with E-state index >= 15 is 0 Å². The molecule has 1 aromatic heterocycles. The smallest absolute Gasteiger partial charge is 0.0833 e. The number of fused-ring (bicyclic) bond motifs is 1. The van der Waals surface area contributed by atoms with Gasteiger partial charge in [-0.3, -0.25) is 0 Å². The standard InChI is InChI=1S/C36H29Cl2NS/c1-36(2,3)28-15-17-29(18-16-28)39(32-22-27(21-31(37)35(32)38)25-12-8-5-9-13-25)33-23-40-34-19-14-26(20-30(33)34)24-10-6-4-7-11-24/h4-23H,1-3H3/i4D,5D,6D,7D,8D,9D,10D,11D,12D,13D,14D,19D,20D,21D,22D,23D. The topological polar surface area (TPSA) is 3.24 Å². The van der Waals surface area contributed by atoms with Crippen LogP contribution >= 0.6 is 34.5 Å². The van der Waals surface area contributed by atoms with Gasteiger partial charge in [0.2, 0.25) is 0 Å². The van der Waals surface area contributed by atoms with E-state index in [0.29, 0.717) is 11.3 Å². The fraction of sp³-hybridized carbons (Fsp3) is 0.111. The molecule has 198 valence electrons. The minimum Gasteiger partial charge on any atom is -0.307 e. The highest BCUT2D eigenvalue weighted by Crippen LogP contribution is 2.48. The lowest BCUT2D eigenvalue weighted by Crippen LogP contribution is -2.13. The molecule has 0 spiro atoms. The van der Waals surface area contributed by atoms with Gasteiger partial charge in [0, 0.05) is 21.1 Å². The van der Waals surface area contributed by atoms with Gasteiger partial charge < -0.3 is 4.90 Å². The van der Waals surface area contributed by atoms with Crippen LogP contribution in [0.15, 0.2) is 120 Å². The van der Waals surface area contributed by atoms with Crippen LogP contribution in [0.2, 0.25) is 10.0 Å². The normalized spacial score (nSPS) is 17.2. The average molecular weight is 595 g/mol. The van der Waals surface area contributed by atoms with Crippen molar-refractivity contribution in [2.45, 2.75) is 26.2 Å². The molecule has 0 amide bonds. The fourth-order valence-electron chi connectivity index (χ4n) is 4.05. The van der Waals surface area contributed by atoms with E-state index in [9.17, 15) is 4.11 Å². The quantitative estimate of drug-likeness (QED) is 0.192. The first-order valence-electron chi connectivity index (χ1n) is 20.0. The second-order valence-electron chi connectivity index (χ2n) is 9.74. The van der Waals surface area contributed by atoms with Crippen molar-refractivity contribution in [2.75, 3.05) is 4.90 Å². The number of thiophene rings is 1. The lowest BCUT2D eigenvalue weighted by molar-refractivity contribution is 0.590. The predicted molar refractivity (Wildman–Crippen MR) is 176 cm³/mol. The van der Waals surface area contributed by atoms with E-state index in [4.69, 9.17) is 41.0 Å². The Morgan fingerprint density at radius 1 is 0.675 bits per heavy atom. The van der Waals surface area contributed by atoms with Gasteiger partial charge in [0.15, 0.2) is 0 Å². The van der Waals surface area contributed by atoms with Crippen molar-refractivity contribution < 1.29 is 21.9 Å². The molecule has 0 unspecified atom stereocenters. The minimum absolute atomic E-state index is 0.0517. The summed E-state index contributed by atoms with van der Waals surface area (Å²) in [6.07, 6.45) is 0. The average Bonchev–Trinajstić information content (AvgIpc) is 3.50. The zero-order chi connectivity index (χ0) is 41.8. The molecule has 40 heavy (non-hydrogen) atoms. The Hall–Kier alpha value is -3.56. The van der Waals surface area contributed by atoms with Gasteiger partial charge in [0.1, 0.15) is 0 Å². The van der Waals surface area contributed by atoms with Crippen LogP contribution in [-0.4, -0.2) is 0 Å². The summed E-state index contributed by atoms with van der Waals surface area (Å²) in [5.74, 6) is 0. The van der Waals surface area contributed by atoms with Crippen molar-refractivity contribution in [3.05, 3.63) is 136 Å².